The molecule has 10 amide bonds. The molecule has 0 aromatic heterocycles. The van der Waals surface area contributed by atoms with E-state index in [1.807, 2.05) is 19.9 Å². The first kappa shape index (κ1) is 75.6. The third kappa shape index (κ3) is 23.7. The number of rotatable bonds is 37. The van der Waals surface area contributed by atoms with E-state index in [-0.39, 0.29) is 75.2 Å². The maximum absolute atomic E-state index is 14.8. The van der Waals surface area contributed by atoms with E-state index in [0.29, 0.717) is 43.5 Å². The molecule has 25 nitrogen and oxygen atoms in total. The number of ether oxygens (including phenoxy) is 3. The van der Waals surface area contributed by atoms with Crippen LogP contribution in [0.15, 0.2) is 54.6 Å². The Morgan fingerprint density at radius 1 is 0.708 bits per heavy atom. The number of anilines is 1. The number of amides is 10. The van der Waals surface area contributed by atoms with Crippen molar-refractivity contribution in [1.82, 2.24) is 41.3 Å². The summed E-state index contributed by atoms with van der Waals surface area (Å²) in [6, 6.07) is 7.96. The van der Waals surface area contributed by atoms with Crippen molar-refractivity contribution in [2.24, 2.45) is 35.3 Å². The van der Waals surface area contributed by atoms with Crippen molar-refractivity contribution in [1.29, 1.82) is 0 Å². The van der Waals surface area contributed by atoms with Gasteiger partial charge in [0.25, 0.3) is 0 Å². The lowest BCUT2D eigenvalue weighted by Crippen LogP contribution is -2.60. The molecular formula is C64H100N10O15. The Bertz CT molecular complexity index is 2680. The molecule has 496 valence electrons. The van der Waals surface area contributed by atoms with Crippen LogP contribution in [0.3, 0.4) is 0 Å². The molecule has 25 heteroatoms. The third-order valence-electron chi connectivity index (χ3n) is 16.4. The van der Waals surface area contributed by atoms with Gasteiger partial charge in [0.15, 0.2) is 0 Å². The van der Waals surface area contributed by atoms with Crippen LogP contribution in [-0.2, 0) is 70.4 Å². The highest BCUT2D eigenvalue weighted by atomic mass is 16.6. The number of ketones is 1. The molecule has 1 heterocycles. The zero-order valence-corrected chi connectivity index (χ0v) is 54.6. The summed E-state index contributed by atoms with van der Waals surface area (Å²) < 4.78 is 17.6. The van der Waals surface area contributed by atoms with Crippen LogP contribution in [0.25, 0.3) is 0 Å². The quantitative estimate of drug-likeness (QED) is 0.0416. The van der Waals surface area contributed by atoms with Gasteiger partial charge in [0.1, 0.15) is 42.6 Å². The zero-order chi connectivity index (χ0) is 66.8. The van der Waals surface area contributed by atoms with E-state index in [1.54, 1.807) is 109 Å². The largest absolute Gasteiger partial charge is 0.480 e. The number of nitrogens with one attached hydrogen (secondary N) is 6. The second-order valence-corrected chi connectivity index (χ2v) is 24.3. The van der Waals surface area contributed by atoms with Crippen molar-refractivity contribution in [2.45, 2.75) is 195 Å². The Morgan fingerprint density at radius 2 is 1.34 bits per heavy atom. The normalized spacial score (nSPS) is 16.5. The number of hydrogen-bond donors (Lipinski definition) is 8. The van der Waals surface area contributed by atoms with Crippen LogP contribution in [0.5, 0.6) is 0 Å². The predicted octanol–water partition coefficient (Wildman–Crippen LogP) is 4.92. The molecule has 1 fully saturated rings. The second-order valence-electron chi connectivity index (χ2n) is 24.3. The minimum absolute atomic E-state index is 0.0396. The first-order valence-electron chi connectivity index (χ1n) is 30.9. The van der Waals surface area contributed by atoms with Crippen LogP contribution < -0.4 is 37.6 Å². The molecule has 0 aliphatic carbocycles. The average molecular weight is 1250 g/mol. The van der Waals surface area contributed by atoms with Crippen molar-refractivity contribution in [3.8, 4) is 0 Å². The molecule has 0 saturated carbocycles. The number of likely N-dealkylation sites (tertiary alicyclic amines) is 1. The second kappa shape index (κ2) is 37.4. The van der Waals surface area contributed by atoms with Gasteiger partial charge >= 0.3 is 18.1 Å². The summed E-state index contributed by atoms with van der Waals surface area (Å²) in [5, 5.41) is 26.3. The van der Waals surface area contributed by atoms with E-state index in [4.69, 9.17) is 19.9 Å². The number of likely N-dealkylation sites (N-methyl/N-ethyl adjacent to an activating group) is 2. The minimum Gasteiger partial charge on any atom is -0.480 e. The van der Waals surface area contributed by atoms with Crippen LogP contribution in [0, 0.1) is 29.6 Å². The van der Waals surface area contributed by atoms with Gasteiger partial charge in [-0.2, -0.15) is 0 Å². The summed E-state index contributed by atoms with van der Waals surface area (Å²) >= 11 is 0. The number of primary amides is 1. The van der Waals surface area contributed by atoms with Crippen molar-refractivity contribution in [3.05, 3.63) is 65.7 Å². The summed E-state index contributed by atoms with van der Waals surface area (Å²) in [6.07, 6.45) is 0.230. The van der Waals surface area contributed by atoms with Crippen LogP contribution in [0.1, 0.15) is 138 Å². The van der Waals surface area contributed by atoms with Crippen LogP contribution in [0.4, 0.5) is 15.3 Å². The first-order chi connectivity index (χ1) is 42.0. The highest BCUT2D eigenvalue weighted by Gasteiger charge is 2.44. The maximum Gasteiger partial charge on any atom is 0.410 e. The van der Waals surface area contributed by atoms with Crippen molar-refractivity contribution >= 4 is 70.9 Å². The number of carboxylic acid groups (broad SMARTS) is 1. The molecule has 1 saturated heterocycles. The molecule has 1 aliphatic heterocycles. The SMILES string of the molecule is CC[C@H](C)[C@@H]([C@@H](CC(=O)N1CCC[C@H]1[C@H](OC)[C@@H](C)C(=O)N[C@@H](Cc1ccccc1)C(=O)O)OC)N(C)C(=O)[C@@H](NC(=O)[C@H](C(C)C)N(C)C(=O)OCc1ccc(NC(=O)[C@H](CCCNC(N)=O)NC(=O)[C@@H](NC(=O)CCCC(C)=O)C(C)C)cc1)C(C)C. The van der Waals surface area contributed by atoms with Gasteiger partial charge in [-0.05, 0) is 86.0 Å². The lowest BCUT2D eigenvalue weighted by Gasteiger charge is -2.41. The van der Waals surface area contributed by atoms with E-state index in [0.717, 1.165) is 10.5 Å². The molecule has 0 unspecified atom stereocenters. The highest BCUT2D eigenvalue weighted by molar-refractivity contribution is 5.98. The van der Waals surface area contributed by atoms with Gasteiger partial charge in [-0.1, -0.05) is 111 Å². The molecular weight excluding hydrogens is 1150 g/mol. The molecule has 1 aliphatic rings. The summed E-state index contributed by atoms with van der Waals surface area (Å²) in [5.74, 6) is -6.98. The molecule has 2 aromatic carbocycles. The summed E-state index contributed by atoms with van der Waals surface area (Å²) in [6.45, 7) is 17.8. The minimum atomic E-state index is -1.19. The number of hydrogen-bond acceptors (Lipinski definition) is 14. The molecule has 0 bridgehead atoms. The van der Waals surface area contributed by atoms with E-state index in [2.05, 4.69) is 31.9 Å². The molecule has 11 atom stereocenters. The molecule has 9 N–H and O–H groups in total. The standard InChI is InChI=1S/C64H100N10O15/c1-15-40(8)55(49(87-13)35-51(77)74-33-21-26-48(74)56(88-14)42(10)57(78)69-47(62(83)84)34-43-23-17-16-18-24-43)72(11)61(82)53(38(4)5)71-60(81)54(39(6)7)73(12)64(86)89-36-44-28-30-45(31-29-44)67-58(79)46(25-20-32-66-63(65)85)68-59(80)52(37(2)3)70-50(76)27-19-22-41(9)75/h16-18,23-24,28-31,37-40,42,46-49,52-56H,15,19-22,25-27,32-36H2,1-14H3,(H,67,79)(H,68,80)(H,69,78)(H,70,76)(H,71,81)(H,83,84)(H3,65,66,85)/t40-,42+,46-,47-,48-,49+,52-,53-,54-,55-,56+/m0/s1. The van der Waals surface area contributed by atoms with Gasteiger partial charge in [-0.15, -0.1) is 0 Å². The van der Waals surface area contributed by atoms with Gasteiger partial charge in [-0.25, -0.2) is 14.4 Å². The van der Waals surface area contributed by atoms with Crippen LogP contribution in [-0.4, -0.2) is 181 Å². The maximum atomic E-state index is 14.8. The predicted molar refractivity (Wildman–Crippen MR) is 334 cm³/mol. The van der Waals surface area contributed by atoms with Gasteiger partial charge in [0.2, 0.25) is 41.4 Å². The lowest BCUT2D eigenvalue weighted by atomic mass is 9.89. The third-order valence-corrected chi connectivity index (χ3v) is 16.4. The smallest absolute Gasteiger partial charge is 0.410 e. The fourth-order valence-electron chi connectivity index (χ4n) is 11.2. The topological polar surface area (TPSA) is 344 Å². The number of carbonyl (C=O) groups is 11. The van der Waals surface area contributed by atoms with Gasteiger partial charge in [-0.3, -0.25) is 38.5 Å². The van der Waals surface area contributed by atoms with Gasteiger partial charge in [0.05, 0.1) is 36.6 Å². The Labute approximate surface area is 524 Å². The Kier molecular flexibility index (Phi) is 31.7. The first-order valence-corrected chi connectivity index (χ1v) is 30.9. The van der Waals surface area contributed by atoms with Gasteiger partial charge < -0.3 is 71.5 Å². The van der Waals surface area contributed by atoms with Crippen LogP contribution in [0.2, 0.25) is 0 Å². The number of carboxylic acids is 1. The molecule has 0 radical (unpaired) electrons. The Balaban J connectivity index is 1.72. The fraction of sp³-hybridized carbons (Fsp3) is 0.641. The number of methoxy groups -OCH3 is 2. The fourth-order valence-corrected chi connectivity index (χ4v) is 11.2. The zero-order valence-electron chi connectivity index (χ0n) is 54.6. The summed E-state index contributed by atoms with van der Waals surface area (Å²) in [4.78, 5) is 150. The number of nitrogens with two attached hydrogens (primary N) is 1. The van der Waals surface area contributed by atoms with E-state index in [1.165, 1.54) is 33.1 Å². The van der Waals surface area contributed by atoms with E-state index < -0.39 is 126 Å². The number of benzene rings is 2. The molecule has 0 spiro atoms. The van der Waals surface area contributed by atoms with E-state index in [9.17, 15) is 57.8 Å². The van der Waals surface area contributed by atoms with E-state index >= 15 is 0 Å². The van der Waals surface area contributed by atoms with Crippen molar-refractivity contribution in [2.75, 3.05) is 46.7 Å². The lowest BCUT2D eigenvalue weighted by molar-refractivity contribution is -0.148. The molecule has 3 rings (SSSR count). The number of aliphatic carboxylic acids is 1. The Hall–Kier alpha value is -7.67. The molecule has 89 heavy (non-hydrogen) atoms. The molecule has 2 aromatic rings. The summed E-state index contributed by atoms with van der Waals surface area (Å²) in [7, 11) is 5.97. The van der Waals surface area contributed by atoms with Crippen LogP contribution >= 0.6 is 0 Å². The number of carbonyl (C=O) groups excluding carboxylic acids is 10. The number of urea groups is 1. The summed E-state index contributed by atoms with van der Waals surface area (Å²) in [5.41, 5.74) is 6.82. The number of Topliss-reactive ketones (excluding diaryl/α,β-unsaturated/α-hetero) is 1. The van der Waals surface area contributed by atoms with Crippen molar-refractivity contribution in [3.63, 3.8) is 0 Å². The van der Waals surface area contributed by atoms with Gasteiger partial charge in [0, 0.05) is 66.4 Å². The Morgan fingerprint density at radius 3 is 1.89 bits per heavy atom. The number of nitrogens with zero attached hydrogens (tertiary/aromatic N) is 3. The van der Waals surface area contributed by atoms with Crippen molar-refractivity contribution < 1.29 is 72.1 Å². The average Bonchev–Trinajstić information content (AvgIpc) is 2.39. The highest BCUT2D eigenvalue weighted by Crippen LogP contribution is 2.30. The monoisotopic (exact) mass is 1250 g/mol.